The third-order valence-corrected chi connectivity index (χ3v) is 4.29. The maximum Gasteiger partial charge on any atom is 0.266 e. The maximum absolute atomic E-state index is 12.4. The Bertz CT molecular complexity index is 846. The second kappa shape index (κ2) is 8.88. The summed E-state index contributed by atoms with van der Waals surface area (Å²) in [5.41, 5.74) is 2.53. The van der Waals surface area contributed by atoms with E-state index in [0.29, 0.717) is 5.69 Å². The number of carbonyl (C=O) groups is 1. The number of anilines is 2. The zero-order chi connectivity index (χ0) is 19.1. The van der Waals surface area contributed by atoms with Gasteiger partial charge < -0.3 is 19.7 Å². The lowest BCUT2D eigenvalue weighted by Gasteiger charge is -2.28. The fourth-order valence-corrected chi connectivity index (χ4v) is 2.79. The smallest absolute Gasteiger partial charge is 0.266 e. The third kappa shape index (κ3) is 4.87. The highest BCUT2D eigenvalue weighted by molar-refractivity contribution is 6.09. The Labute approximate surface area is 158 Å². The van der Waals surface area contributed by atoms with Crippen LogP contribution in [0.2, 0.25) is 0 Å². The zero-order valence-electron chi connectivity index (χ0n) is 15.1. The lowest BCUT2D eigenvalue weighted by atomic mass is 10.1. The van der Waals surface area contributed by atoms with E-state index in [1.165, 1.54) is 0 Å². The van der Waals surface area contributed by atoms with Crippen LogP contribution in [0.5, 0.6) is 5.75 Å². The first-order valence-corrected chi connectivity index (χ1v) is 8.69. The molecule has 1 fully saturated rings. The maximum atomic E-state index is 12.4. The van der Waals surface area contributed by atoms with Crippen LogP contribution in [0.4, 0.5) is 11.4 Å². The molecule has 0 radical (unpaired) electrons. The number of hydrogen-bond acceptors (Lipinski definition) is 5. The summed E-state index contributed by atoms with van der Waals surface area (Å²) in [5, 5.41) is 12.1. The van der Waals surface area contributed by atoms with Crippen molar-refractivity contribution < 1.29 is 14.3 Å². The minimum atomic E-state index is -0.438. The number of methoxy groups -OCH3 is 1. The molecule has 0 saturated carbocycles. The minimum absolute atomic E-state index is 0.0393. The number of nitriles is 1. The van der Waals surface area contributed by atoms with E-state index in [4.69, 9.17) is 9.47 Å². The number of amides is 1. The number of carbonyl (C=O) groups excluding carboxylic acids is 1. The SMILES string of the molecule is COc1ccc(/C=C(\C#N)C(=O)Nc2ccc(N3CCOCC3)cc2)cc1. The zero-order valence-corrected chi connectivity index (χ0v) is 15.1. The average Bonchev–Trinajstić information content (AvgIpc) is 2.73. The summed E-state index contributed by atoms with van der Waals surface area (Å²) in [6.45, 7) is 3.16. The first-order chi connectivity index (χ1) is 13.2. The van der Waals surface area contributed by atoms with Gasteiger partial charge in [0.15, 0.2) is 0 Å². The molecule has 0 atom stereocenters. The van der Waals surface area contributed by atoms with Crippen molar-refractivity contribution in [3.8, 4) is 11.8 Å². The summed E-state index contributed by atoms with van der Waals surface area (Å²) < 4.78 is 10.5. The van der Waals surface area contributed by atoms with Gasteiger partial charge in [0.2, 0.25) is 0 Å². The Morgan fingerprint density at radius 2 is 1.81 bits per heavy atom. The molecule has 3 rings (SSSR count). The van der Waals surface area contributed by atoms with Crippen molar-refractivity contribution in [3.63, 3.8) is 0 Å². The highest BCUT2D eigenvalue weighted by Crippen LogP contribution is 2.20. The van der Waals surface area contributed by atoms with E-state index < -0.39 is 5.91 Å². The van der Waals surface area contributed by atoms with Gasteiger partial charge in [-0.1, -0.05) is 12.1 Å². The normalized spacial score (nSPS) is 14.4. The van der Waals surface area contributed by atoms with Crippen LogP contribution in [0.3, 0.4) is 0 Å². The number of ether oxygens (including phenoxy) is 2. The number of nitrogens with one attached hydrogen (secondary N) is 1. The van der Waals surface area contributed by atoms with Gasteiger partial charge in [-0.2, -0.15) is 5.26 Å². The van der Waals surface area contributed by atoms with Crippen LogP contribution in [-0.2, 0) is 9.53 Å². The second-order valence-corrected chi connectivity index (χ2v) is 6.04. The molecule has 1 amide bonds. The van der Waals surface area contributed by atoms with Crippen molar-refractivity contribution in [1.29, 1.82) is 5.26 Å². The predicted molar refractivity (Wildman–Crippen MR) is 105 cm³/mol. The van der Waals surface area contributed by atoms with Gasteiger partial charge in [-0.05, 0) is 48.0 Å². The highest BCUT2D eigenvalue weighted by atomic mass is 16.5. The molecule has 0 bridgehead atoms. The number of hydrogen-bond donors (Lipinski definition) is 1. The first-order valence-electron chi connectivity index (χ1n) is 8.69. The fourth-order valence-electron chi connectivity index (χ4n) is 2.79. The number of nitrogens with zero attached hydrogens (tertiary/aromatic N) is 2. The quantitative estimate of drug-likeness (QED) is 0.653. The summed E-state index contributed by atoms with van der Waals surface area (Å²) in [5.74, 6) is 0.280. The van der Waals surface area contributed by atoms with Gasteiger partial charge in [0.25, 0.3) is 5.91 Å². The number of benzene rings is 2. The van der Waals surface area contributed by atoms with Gasteiger partial charge >= 0.3 is 0 Å². The van der Waals surface area contributed by atoms with E-state index >= 15 is 0 Å². The molecule has 0 aromatic heterocycles. The van der Waals surface area contributed by atoms with Crippen LogP contribution in [0.15, 0.2) is 54.1 Å². The van der Waals surface area contributed by atoms with Gasteiger partial charge in [0.05, 0.1) is 20.3 Å². The molecule has 6 nitrogen and oxygen atoms in total. The molecule has 0 aliphatic carbocycles. The molecule has 1 N–H and O–H groups in total. The number of rotatable bonds is 5. The van der Waals surface area contributed by atoms with E-state index in [1.54, 1.807) is 37.5 Å². The van der Waals surface area contributed by atoms with E-state index in [0.717, 1.165) is 43.3 Å². The lowest BCUT2D eigenvalue weighted by molar-refractivity contribution is -0.112. The van der Waals surface area contributed by atoms with Crippen LogP contribution in [0.1, 0.15) is 5.56 Å². The summed E-state index contributed by atoms with van der Waals surface area (Å²) >= 11 is 0. The van der Waals surface area contributed by atoms with Gasteiger partial charge in [0.1, 0.15) is 17.4 Å². The molecule has 6 heteroatoms. The minimum Gasteiger partial charge on any atom is -0.497 e. The highest BCUT2D eigenvalue weighted by Gasteiger charge is 2.12. The molecule has 1 aliphatic rings. The molecule has 138 valence electrons. The standard InChI is InChI=1S/C21H21N3O3/c1-26-20-8-2-16(3-9-20)14-17(15-22)21(25)23-18-4-6-19(7-5-18)24-10-12-27-13-11-24/h2-9,14H,10-13H2,1H3,(H,23,25)/b17-14+. The summed E-state index contributed by atoms with van der Waals surface area (Å²) in [6, 6.07) is 16.7. The van der Waals surface area contributed by atoms with Crippen LogP contribution in [0, 0.1) is 11.3 Å². The Kier molecular flexibility index (Phi) is 6.08. The van der Waals surface area contributed by atoms with Crippen LogP contribution < -0.4 is 15.0 Å². The van der Waals surface area contributed by atoms with Gasteiger partial charge in [-0.25, -0.2) is 0 Å². The topological polar surface area (TPSA) is 74.6 Å². The van der Waals surface area contributed by atoms with Crippen molar-refractivity contribution in [2.45, 2.75) is 0 Å². The van der Waals surface area contributed by atoms with E-state index in [-0.39, 0.29) is 5.57 Å². The molecular weight excluding hydrogens is 342 g/mol. The summed E-state index contributed by atoms with van der Waals surface area (Å²) in [4.78, 5) is 14.6. The van der Waals surface area contributed by atoms with Gasteiger partial charge in [-0.3, -0.25) is 4.79 Å². The second-order valence-electron chi connectivity index (χ2n) is 6.04. The molecule has 0 unspecified atom stereocenters. The first kappa shape index (κ1) is 18.5. The Hall–Kier alpha value is -3.30. The molecule has 2 aromatic rings. The van der Waals surface area contributed by atoms with Crippen LogP contribution in [-0.4, -0.2) is 39.3 Å². The number of morpholine rings is 1. The largest absolute Gasteiger partial charge is 0.497 e. The van der Waals surface area contributed by atoms with E-state index in [2.05, 4.69) is 10.2 Å². The van der Waals surface area contributed by atoms with E-state index in [1.807, 2.05) is 30.3 Å². The summed E-state index contributed by atoms with van der Waals surface area (Å²) in [7, 11) is 1.59. The molecule has 2 aromatic carbocycles. The molecule has 0 spiro atoms. The molecule has 1 aliphatic heterocycles. The molecule has 27 heavy (non-hydrogen) atoms. The van der Waals surface area contributed by atoms with Crippen molar-refractivity contribution in [2.75, 3.05) is 43.6 Å². The van der Waals surface area contributed by atoms with Crippen LogP contribution in [0.25, 0.3) is 6.08 Å². The monoisotopic (exact) mass is 363 g/mol. The average molecular weight is 363 g/mol. The molecular formula is C21H21N3O3. The Morgan fingerprint density at radius 3 is 2.41 bits per heavy atom. The fraction of sp³-hybridized carbons (Fsp3) is 0.238. The van der Waals surface area contributed by atoms with Crippen molar-refractivity contribution >= 4 is 23.4 Å². The van der Waals surface area contributed by atoms with Crippen molar-refractivity contribution in [2.24, 2.45) is 0 Å². The summed E-state index contributed by atoms with van der Waals surface area (Å²) in [6.07, 6.45) is 1.55. The van der Waals surface area contributed by atoms with Gasteiger partial charge in [0, 0.05) is 24.5 Å². The van der Waals surface area contributed by atoms with Crippen molar-refractivity contribution in [1.82, 2.24) is 0 Å². The van der Waals surface area contributed by atoms with Crippen molar-refractivity contribution in [3.05, 3.63) is 59.7 Å². The molecule has 1 saturated heterocycles. The molecule has 1 heterocycles. The lowest BCUT2D eigenvalue weighted by Crippen LogP contribution is -2.36. The Balaban J connectivity index is 1.67. The van der Waals surface area contributed by atoms with Crippen LogP contribution >= 0.6 is 0 Å². The van der Waals surface area contributed by atoms with E-state index in [9.17, 15) is 10.1 Å². The van der Waals surface area contributed by atoms with Gasteiger partial charge in [-0.15, -0.1) is 0 Å². The Morgan fingerprint density at radius 1 is 1.15 bits per heavy atom. The predicted octanol–water partition coefficient (Wildman–Crippen LogP) is 3.08. The third-order valence-electron chi connectivity index (χ3n) is 4.29.